The molecular weight excluding hydrogens is 327 g/mol. The number of guanidine groups is 1. The second kappa shape index (κ2) is 10.2. The van der Waals surface area contributed by atoms with Crippen molar-refractivity contribution in [1.82, 2.24) is 5.32 Å². The molecule has 9 heteroatoms. The molecule has 0 aliphatic heterocycles. The zero-order valence-corrected chi connectivity index (χ0v) is 13.3. The molecule has 0 spiro atoms. The summed E-state index contributed by atoms with van der Waals surface area (Å²) >= 11 is 0. The van der Waals surface area contributed by atoms with Gasteiger partial charge < -0.3 is 9.90 Å². The molecule has 24 heavy (non-hydrogen) atoms. The van der Waals surface area contributed by atoms with Crippen molar-refractivity contribution in [3.63, 3.8) is 0 Å². The first-order chi connectivity index (χ1) is 11.0. The van der Waals surface area contributed by atoms with Gasteiger partial charge in [-0.2, -0.15) is 13.2 Å². The predicted octanol–water partition coefficient (Wildman–Crippen LogP) is -0.957. The maximum absolute atomic E-state index is 11.4. The molecule has 0 aliphatic rings. The minimum Gasteiger partial charge on any atom is -0.542 e. The number of carboxylic acids is 1. The second-order valence-electron chi connectivity index (χ2n) is 5.18. The fraction of sp³-hybridized carbons (Fsp3) is 0.400. The number of carboxylic acid groups (broad SMARTS) is 1. The Balaban J connectivity index is 0.000000640. The fourth-order valence-corrected chi connectivity index (χ4v) is 1.41. The maximum Gasteiger partial charge on any atom is 0.430 e. The van der Waals surface area contributed by atoms with E-state index in [-0.39, 0.29) is 5.91 Å². The zero-order valence-electron chi connectivity index (χ0n) is 13.3. The summed E-state index contributed by atoms with van der Waals surface area (Å²) in [5, 5.41) is 11.4. The number of hydrogen-bond acceptors (Lipinski definition) is 3. The van der Waals surface area contributed by atoms with Crippen LogP contribution in [0.3, 0.4) is 0 Å². The van der Waals surface area contributed by atoms with E-state index in [1.54, 1.807) is 0 Å². The Bertz CT molecular complexity index is 558. The van der Waals surface area contributed by atoms with Gasteiger partial charge in [-0.05, 0) is 11.5 Å². The lowest BCUT2D eigenvalue weighted by Crippen LogP contribution is -2.77. The molecule has 0 aromatic heterocycles. The Morgan fingerprint density at radius 2 is 1.75 bits per heavy atom. The number of aliphatic carboxylic acids is 1. The van der Waals surface area contributed by atoms with Crippen LogP contribution in [0.1, 0.15) is 25.8 Å². The van der Waals surface area contributed by atoms with Gasteiger partial charge in [-0.1, -0.05) is 44.2 Å². The number of carbonyl (C=O) groups excluding carboxylic acids is 2. The summed E-state index contributed by atoms with van der Waals surface area (Å²) in [6.45, 7) is 4.59. The zero-order chi connectivity index (χ0) is 18.8. The first kappa shape index (κ1) is 21.4. The van der Waals surface area contributed by atoms with Crippen LogP contribution in [0.25, 0.3) is 0 Å². The molecule has 0 unspecified atom stereocenters. The number of benzene rings is 1. The maximum atomic E-state index is 11.4. The lowest BCUT2D eigenvalue weighted by atomic mass is 10.1. The molecule has 0 saturated carbocycles. The highest BCUT2D eigenvalue weighted by atomic mass is 19.4. The molecule has 4 N–H and O–H groups in total. The van der Waals surface area contributed by atoms with Crippen molar-refractivity contribution in [3.8, 4) is 0 Å². The van der Waals surface area contributed by atoms with Gasteiger partial charge in [0, 0.05) is 6.42 Å². The predicted molar refractivity (Wildman–Crippen MR) is 79.0 cm³/mol. The highest BCUT2D eigenvalue weighted by molar-refractivity contribution is 5.93. The van der Waals surface area contributed by atoms with Crippen LogP contribution in [0.5, 0.6) is 0 Å². The average molecular weight is 347 g/mol. The molecule has 0 heterocycles. The molecule has 0 saturated heterocycles. The van der Waals surface area contributed by atoms with E-state index >= 15 is 0 Å². The van der Waals surface area contributed by atoms with Crippen molar-refractivity contribution in [3.05, 3.63) is 35.9 Å². The van der Waals surface area contributed by atoms with Crippen molar-refractivity contribution in [2.45, 2.75) is 33.0 Å². The van der Waals surface area contributed by atoms with E-state index in [0.717, 1.165) is 5.56 Å². The minimum atomic E-state index is -5.19. The standard InChI is InChI=1S/C13H19N3O.C2HF3O2/c1-10(2)8-12(17)16-13(14)15-9-11-6-4-3-5-7-11;3-2(4,5)1(6)7/h3-7,10H,8-9H2,1-2H3,(H3,14,15,16,17);(H,6,7). The molecule has 134 valence electrons. The lowest BCUT2D eigenvalue weighted by Gasteiger charge is -2.03. The van der Waals surface area contributed by atoms with Crippen LogP contribution in [0.4, 0.5) is 13.2 Å². The van der Waals surface area contributed by atoms with Gasteiger partial charge in [-0.25, -0.2) is 5.32 Å². The lowest BCUT2D eigenvalue weighted by molar-refractivity contribution is -0.478. The second-order valence-corrected chi connectivity index (χ2v) is 5.18. The van der Waals surface area contributed by atoms with Crippen LogP contribution in [0.2, 0.25) is 0 Å². The fourth-order valence-electron chi connectivity index (χ4n) is 1.41. The van der Waals surface area contributed by atoms with E-state index in [1.807, 2.05) is 44.2 Å². The summed E-state index contributed by atoms with van der Waals surface area (Å²) in [5.41, 5.74) is 6.79. The summed E-state index contributed by atoms with van der Waals surface area (Å²) in [5.74, 6) is -2.43. The van der Waals surface area contributed by atoms with Crippen molar-refractivity contribution in [2.24, 2.45) is 11.7 Å². The molecule has 0 bridgehead atoms. The molecule has 0 radical (unpaired) electrons. The van der Waals surface area contributed by atoms with Crippen molar-refractivity contribution in [2.75, 3.05) is 0 Å². The molecule has 1 aromatic carbocycles. The van der Waals surface area contributed by atoms with Crippen LogP contribution in [-0.2, 0) is 16.1 Å². The molecular formula is C15H20F3N3O3. The Hall–Kier alpha value is -2.58. The third kappa shape index (κ3) is 11.0. The minimum absolute atomic E-state index is 0.0574. The van der Waals surface area contributed by atoms with Gasteiger partial charge in [0.05, 0.1) is 6.54 Å². The highest BCUT2D eigenvalue weighted by Crippen LogP contribution is 2.11. The first-order valence-corrected chi connectivity index (χ1v) is 7.00. The van der Waals surface area contributed by atoms with Gasteiger partial charge in [-0.3, -0.25) is 15.5 Å². The van der Waals surface area contributed by atoms with Gasteiger partial charge in [-0.15, -0.1) is 0 Å². The first-order valence-electron chi connectivity index (χ1n) is 7.00. The summed E-state index contributed by atoms with van der Waals surface area (Å²) < 4.78 is 31.5. The van der Waals surface area contributed by atoms with Gasteiger partial charge in [0.15, 0.2) is 0 Å². The van der Waals surface area contributed by atoms with Crippen LogP contribution in [-0.4, -0.2) is 24.0 Å². The third-order valence-electron chi connectivity index (χ3n) is 2.42. The normalized spacial score (nSPS) is 11.5. The number of hydrogen-bond donors (Lipinski definition) is 3. The largest absolute Gasteiger partial charge is 0.542 e. The summed E-state index contributed by atoms with van der Waals surface area (Å²) in [7, 11) is 0. The Kier molecular flexibility index (Phi) is 9.14. The molecule has 1 amide bonds. The van der Waals surface area contributed by atoms with Crippen LogP contribution in [0.15, 0.2) is 30.3 Å². The summed E-state index contributed by atoms with van der Waals surface area (Å²) in [6.07, 6.45) is -4.71. The number of nitrogens with one attached hydrogen (secondary N) is 2. The molecule has 0 fully saturated rings. The van der Waals surface area contributed by atoms with E-state index in [9.17, 15) is 18.0 Å². The molecule has 6 nitrogen and oxygen atoms in total. The van der Waals surface area contributed by atoms with Crippen molar-refractivity contribution in [1.29, 1.82) is 0 Å². The Morgan fingerprint density at radius 1 is 1.25 bits per heavy atom. The molecule has 1 aromatic rings. The number of halogens is 3. The van der Waals surface area contributed by atoms with Crippen LogP contribution >= 0.6 is 0 Å². The van der Waals surface area contributed by atoms with Gasteiger partial charge in [0.25, 0.3) is 5.91 Å². The van der Waals surface area contributed by atoms with E-state index in [0.29, 0.717) is 24.8 Å². The average Bonchev–Trinajstić information content (AvgIpc) is 2.45. The number of amides is 1. The van der Waals surface area contributed by atoms with Crippen LogP contribution < -0.4 is 21.1 Å². The van der Waals surface area contributed by atoms with E-state index < -0.39 is 12.1 Å². The Morgan fingerprint density at radius 3 is 2.17 bits per heavy atom. The van der Waals surface area contributed by atoms with Crippen molar-refractivity contribution < 1.29 is 32.9 Å². The number of carbonyl (C=O) groups is 2. The number of alkyl halides is 3. The van der Waals surface area contributed by atoms with Gasteiger partial charge >= 0.3 is 12.1 Å². The highest BCUT2D eigenvalue weighted by Gasteiger charge is 2.28. The van der Waals surface area contributed by atoms with E-state index in [4.69, 9.17) is 15.6 Å². The number of rotatable bonds is 4. The Labute approximate surface area is 137 Å². The van der Waals surface area contributed by atoms with Crippen molar-refractivity contribution >= 4 is 17.8 Å². The van der Waals surface area contributed by atoms with E-state index in [1.165, 1.54) is 0 Å². The third-order valence-corrected chi connectivity index (χ3v) is 2.42. The SMILES string of the molecule is CC(C)CC(=O)NC(N)=[NH+]Cc1ccccc1.O=C([O-])C(F)(F)F. The monoisotopic (exact) mass is 347 g/mol. The molecule has 1 rings (SSSR count). The van der Waals surface area contributed by atoms with Gasteiger partial charge in [0.1, 0.15) is 5.97 Å². The molecule has 0 atom stereocenters. The van der Waals surface area contributed by atoms with Gasteiger partial charge in [0.2, 0.25) is 0 Å². The summed E-state index contributed by atoms with van der Waals surface area (Å²) in [6, 6.07) is 9.88. The molecule has 0 aliphatic carbocycles. The smallest absolute Gasteiger partial charge is 0.430 e. The van der Waals surface area contributed by atoms with E-state index in [2.05, 4.69) is 10.3 Å². The topological polar surface area (TPSA) is 109 Å². The quantitative estimate of drug-likeness (QED) is 0.481. The summed E-state index contributed by atoms with van der Waals surface area (Å²) in [4.78, 5) is 23.2. The number of nitrogens with two attached hydrogens (primary N) is 1. The van der Waals surface area contributed by atoms with Crippen LogP contribution in [0, 0.1) is 5.92 Å².